The lowest BCUT2D eigenvalue weighted by atomic mass is 10.1. The summed E-state index contributed by atoms with van der Waals surface area (Å²) in [6.07, 6.45) is 0. The monoisotopic (exact) mass is 381 g/mol. The van der Waals surface area contributed by atoms with Crippen LogP contribution in [0.1, 0.15) is 6.92 Å². The molecule has 0 radical (unpaired) electrons. The molecular weight excluding hydrogens is 362 g/mol. The molecule has 0 unspecified atom stereocenters. The number of benzene rings is 2. The predicted molar refractivity (Wildman–Crippen MR) is 99.8 cm³/mol. The Balaban J connectivity index is 0.00000182. The van der Waals surface area contributed by atoms with Crippen molar-refractivity contribution in [2.45, 2.75) is 17.9 Å². The van der Waals surface area contributed by atoms with Gasteiger partial charge in [-0.05, 0) is 24.4 Å². The molecule has 1 fully saturated rings. The first kappa shape index (κ1) is 18.0. The van der Waals surface area contributed by atoms with Gasteiger partial charge in [-0.3, -0.25) is 9.10 Å². The molecule has 1 N–H and O–H groups in total. The van der Waals surface area contributed by atoms with E-state index in [4.69, 9.17) is 0 Å². The van der Waals surface area contributed by atoms with Crippen molar-refractivity contribution in [1.29, 1.82) is 0 Å². The van der Waals surface area contributed by atoms with Gasteiger partial charge in [0.05, 0.1) is 10.6 Å². The zero-order valence-corrected chi connectivity index (χ0v) is 15.4. The SMILES string of the molecule is C[C@H]1CNCCN1C(=O)CN1c2cccc3cccc(c23)S1(=O)=O.Cl. The molecule has 0 spiro atoms. The average Bonchev–Trinajstić information content (AvgIpc) is 2.79. The van der Waals surface area contributed by atoms with E-state index in [1.807, 2.05) is 25.1 Å². The highest BCUT2D eigenvalue weighted by Gasteiger charge is 2.38. The summed E-state index contributed by atoms with van der Waals surface area (Å²) in [6.45, 7) is 3.89. The Morgan fingerprint density at radius 2 is 1.96 bits per heavy atom. The van der Waals surface area contributed by atoms with Gasteiger partial charge in [0.25, 0.3) is 10.0 Å². The molecule has 1 amide bonds. The fraction of sp³-hybridized carbons (Fsp3) is 0.353. The number of halogens is 1. The number of piperazine rings is 1. The van der Waals surface area contributed by atoms with Crippen LogP contribution in [0.3, 0.4) is 0 Å². The van der Waals surface area contributed by atoms with Crippen LogP contribution in [-0.2, 0) is 14.8 Å². The highest BCUT2D eigenvalue weighted by atomic mass is 35.5. The first-order valence-electron chi connectivity index (χ1n) is 8.05. The molecule has 8 heteroatoms. The van der Waals surface area contributed by atoms with Gasteiger partial charge in [-0.1, -0.05) is 24.3 Å². The summed E-state index contributed by atoms with van der Waals surface area (Å²) in [5, 5.41) is 4.82. The number of rotatable bonds is 2. The molecule has 0 saturated carbocycles. The minimum absolute atomic E-state index is 0. The normalized spacial score (nSPS) is 21.2. The second-order valence-electron chi connectivity index (χ2n) is 6.28. The van der Waals surface area contributed by atoms with Gasteiger partial charge in [-0.25, -0.2) is 8.42 Å². The van der Waals surface area contributed by atoms with Crippen LogP contribution in [0.4, 0.5) is 5.69 Å². The van der Waals surface area contributed by atoms with Gasteiger partial charge >= 0.3 is 0 Å². The Morgan fingerprint density at radius 1 is 1.24 bits per heavy atom. The third-order valence-corrected chi connectivity index (χ3v) is 6.58. The summed E-state index contributed by atoms with van der Waals surface area (Å²) < 4.78 is 27.1. The van der Waals surface area contributed by atoms with Crippen LogP contribution in [0.5, 0.6) is 0 Å². The van der Waals surface area contributed by atoms with Gasteiger partial charge < -0.3 is 10.2 Å². The summed E-state index contributed by atoms with van der Waals surface area (Å²) in [5.41, 5.74) is 0.597. The second-order valence-corrected chi connectivity index (χ2v) is 8.11. The summed E-state index contributed by atoms with van der Waals surface area (Å²) in [6, 6.07) is 10.8. The maximum Gasteiger partial charge on any atom is 0.265 e. The molecule has 2 aromatic rings. The van der Waals surface area contributed by atoms with E-state index in [0.717, 1.165) is 18.5 Å². The van der Waals surface area contributed by atoms with Crippen molar-refractivity contribution in [1.82, 2.24) is 10.2 Å². The molecular formula is C17H20ClN3O3S. The smallest absolute Gasteiger partial charge is 0.265 e. The molecule has 25 heavy (non-hydrogen) atoms. The maximum absolute atomic E-state index is 12.9. The van der Waals surface area contributed by atoms with Crippen molar-refractivity contribution >= 4 is 44.8 Å². The molecule has 2 aromatic carbocycles. The van der Waals surface area contributed by atoms with E-state index in [1.165, 1.54) is 4.31 Å². The van der Waals surface area contributed by atoms with E-state index in [0.29, 0.717) is 17.6 Å². The van der Waals surface area contributed by atoms with Crippen LogP contribution >= 0.6 is 12.4 Å². The summed E-state index contributed by atoms with van der Waals surface area (Å²) >= 11 is 0. The Kier molecular flexibility index (Phi) is 4.66. The number of carbonyl (C=O) groups is 1. The minimum atomic E-state index is -3.68. The fourth-order valence-corrected chi connectivity index (χ4v) is 5.21. The standard InChI is InChI=1S/C17H19N3O3S.ClH/c1-12-10-18-8-9-19(12)16(21)11-20-14-6-2-4-13-5-3-7-15(17(13)14)24(20,22)23;/h2-7,12,18H,8-11H2,1H3;1H/t12-;/m0./s1. The van der Waals surface area contributed by atoms with Crippen LogP contribution in [0.25, 0.3) is 10.8 Å². The molecule has 134 valence electrons. The van der Waals surface area contributed by atoms with E-state index in [1.54, 1.807) is 23.1 Å². The molecule has 1 atom stereocenters. The van der Waals surface area contributed by atoms with E-state index in [9.17, 15) is 13.2 Å². The first-order chi connectivity index (χ1) is 11.5. The van der Waals surface area contributed by atoms with Gasteiger partial charge in [0.2, 0.25) is 5.91 Å². The van der Waals surface area contributed by atoms with Crippen molar-refractivity contribution < 1.29 is 13.2 Å². The molecule has 2 heterocycles. The lowest BCUT2D eigenvalue weighted by Gasteiger charge is -2.35. The third-order valence-electron chi connectivity index (χ3n) is 4.78. The Labute approximate surface area is 153 Å². The maximum atomic E-state index is 12.9. The van der Waals surface area contributed by atoms with E-state index < -0.39 is 10.0 Å². The lowest BCUT2D eigenvalue weighted by molar-refractivity contribution is -0.132. The predicted octanol–water partition coefficient (Wildman–Crippen LogP) is 1.59. The number of hydrogen-bond acceptors (Lipinski definition) is 4. The van der Waals surface area contributed by atoms with Crippen LogP contribution in [0, 0.1) is 0 Å². The van der Waals surface area contributed by atoms with Gasteiger partial charge in [-0.2, -0.15) is 0 Å². The third kappa shape index (κ3) is 2.76. The highest BCUT2D eigenvalue weighted by Crippen LogP contribution is 2.41. The quantitative estimate of drug-likeness (QED) is 0.857. The van der Waals surface area contributed by atoms with E-state index in [2.05, 4.69) is 5.32 Å². The van der Waals surface area contributed by atoms with Crippen molar-refractivity contribution in [2.75, 3.05) is 30.5 Å². The molecule has 0 aromatic heterocycles. The zero-order chi connectivity index (χ0) is 16.9. The number of sulfonamides is 1. The summed E-state index contributed by atoms with van der Waals surface area (Å²) in [7, 11) is -3.68. The molecule has 6 nitrogen and oxygen atoms in total. The van der Waals surface area contributed by atoms with Crippen molar-refractivity contribution in [3.05, 3.63) is 36.4 Å². The van der Waals surface area contributed by atoms with Crippen LogP contribution in [0.15, 0.2) is 41.3 Å². The van der Waals surface area contributed by atoms with Crippen molar-refractivity contribution in [2.24, 2.45) is 0 Å². The highest BCUT2D eigenvalue weighted by molar-refractivity contribution is 7.93. The largest absolute Gasteiger partial charge is 0.336 e. The number of anilines is 1. The number of nitrogens with one attached hydrogen (secondary N) is 1. The number of amides is 1. The van der Waals surface area contributed by atoms with E-state index >= 15 is 0 Å². The summed E-state index contributed by atoms with van der Waals surface area (Å²) in [4.78, 5) is 14.8. The van der Waals surface area contributed by atoms with Crippen LogP contribution < -0.4 is 9.62 Å². The summed E-state index contributed by atoms with van der Waals surface area (Å²) in [5.74, 6) is -0.155. The number of carbonyl (C=O) groups excluding carboxylic acids is 1. The van der Waals surface area contributed by atoms with Crippen LogP contribution in [0.2, 0.25) is 0 Å². The van der Waals surface area contributed by atoms with Gasteiger partial charge in [0.1, 0.15) is 6.54 Å². The van der Waals surface area contributed by atoms with Crippen molar-refractivity contribution in [3.63, 3.8) is 0 Å². The lowest BCUT2D eigenvalue weighted by Crippen LogP contribution is -2.54. The Morgan fingerprint density at radius 3 is 2.68 bits per heavy atom. The topological polar surface area (TPSA) is 69.7 Å². The van der Waals surface area contributed by atoms with Crippen molar-refractivity contribution in [3.8, 4) is 0 Å². The molecule has 0 aliphatic carbocycles. The fourth-order valence-electron chi connectivity index (χ4n) is 3.55. The van der Waals surface area contributed by atoms with Crippen LogP contribution in [-0.4, -0.2) is 51.4 Å². The van der Waals surface area contributed by atoms with Gasteiger partial charge in [0, 0.05) is 31.1 Å². The van der Waals surface area contributed by atoms with Gasteiger partial charge in [-0.15, -0.1) is 12.4 Å². The molecule has 2 aliphatic heterocycles. The number of hydrogen-bond donors (Lipinski definition) is 1. The number of nitrogens with zero attached hydrogens (tertiary/aromatic N) is 2. The zero-order valence-electron chi connectivity index (χ0n) is 13.8. The van der Waals surface area contributed by atoms with E-state index in [-0.39, 0.29) is 35.8 Å². The minimum Gasteiger partial charge on any atom is -0.336 e. The molecule has 4 rings (SSSR count). The van der Waals surface area contributed by atoms with Gasteiger partial charge in [0.15, 0.2) is 0 Å². The Hall–Kier alpha value is -1.83. The average molecular weight is 382 g/mol. The second kappa shape index (κ2) is 6.48. The molecule has 1 saturated heterocycles. The molecule has 2 aliphatic rings. The first-order valence-corrected chi connectivity index (χ1v) is 9.49. The molecule has 0 bridgehead atoms. The Bertz CT molecular complexity index is 927.